The van der Waals surface area contributed by atoms with Gasteiger partial charge in [-0.3, -0.25) is 10.1 Å². The van der Waals surface area contributed by atoms with Crippen LogP contribution in [0.3, 0.4) is 0 Å². The van der Waals surface area contributed by atoms with Crippen LogP contribution in [0, 0.1) is 0 Å². The molecule has 2 aromatic heterocycles. The van der Waals surface area contributed by atoms with E-state index in [1.807, 2.05) is 22.4 Å². The van der Waals surface area contributed by atoms with Crippen LogP contribution in [0.2, 0.25) is 0 Å². The normalized spacial score (nSPS) is 13.5. The van der Waals surface area contributed by atoms with Crippen LogP contribution in [0.1, 0.15) is 22.4 Å². The quantitative estimate of drug-likeness (QED) is 0.919. The lowest BCUT2D eigenvalue weighted by molar-refractivity contribution is -0.131. The molecule has 3 heterocycles. The molecule has 6 nitrogen and oxygen atoms in total. The van der Waals surface area contributed by atoms with Gasteiger partial charge < -0.3 is 9.64 Å². The highest BCUT2D eigenvalue weighted by atomic mass is 32.1. The SMILES string of the molecule is CCOC(=O)Nc1nc2c(s1)CN(C(=O)Cc1cccs1)CC2. The third kappa shape index (κ3) is 3.89. The summed E-state index contributed by atoms with van der Waals surface area (Å²) < 4.78 is 4.85. The van der Waals surface area contributed by atoms with Gasteiger partial charge in [-0.1, -0.05) is 17.4 Å². The van der Waals surface area contributed by atoms with Crippen molar-refractivity contribution in [3.05, 3.63) is 33.0 Å². The smallest absolute Gasteiger partial charge is 0.413 e. The highest BCUT2D eigenvalue weighted by Gasteiger charge is 2.24. The van der Waals surface area contributed by atoms with E-state index in [1.54, 1.807) is 18.3 Å². The van der Waals surface area contributed by atoms with E-state index in [0.29, 0.717) is 37.7 Å². The predicted molar refractivity (Wildman–Crippen MR) is 89.9 cm³/mol. The van der Waals surface area contributed by atoms with Gasteiger partial charge in [0.05, 0.1) is 25.3 Å². The molecule has 23 heavy (non-hydrogen) atoms. The van der Waals surface area contributed by atoms with Crippen molar-refractivity contribution in [3.8, 4) is 0 Å². The van der Waals surface area contributed by atoms with Gasteiger partial charge in [-0.25, -0.2) is 9.78 Å². The van der Waals surface area contributed by atoms with E-state index in [2.05, 4.69) is 10.3 Å². The zero-order chi connectivity index (χ0) is 16.2. The van der Waals surface area contributed by atoms with Gasteiger partial charge in [0.25, 0.3) is 0 Å². The van der Waals surface area contributed by atoms with Gasteiger partial charge in [0.2, 0.25) is 5.91 Å². The summed E-state index contributed by atoms with van der Waals surface area (Å²) in [4.78, 5) is 32.2. The van der Waals surface area contributed by atoms with E-state index >= 15 is 0 Å². The number of hydrogen-bond donors (Lipinski definition) is 1. The molecule has 1 aliphatic rings. The lowest BCUT2D eigenvalue weighted by atomic mass is 10.1. The lowest BCUT2D eigenvalue weighted by Crippen LogP contribution is -2.36. The van der Waals surface area contributed by atoms with E-state index in [1.165, 1.54) is 11.3 Å². The molecule has 2 amide bonds. The second-order valence-electron chi connectivity index (χ2n) is 5.06. The number of hydrogen-bond acceptors (Lipinski definition) is 6. The fourth-order valence-corrected chi connectivity index (χ4v) is 4.10. The van der Waals surface area contributed by atoms with Crippen molar-refractivity contribution in [2.24, 2.45) is 0 Å². The first kappa shape index (κ1) is 15.9. The molecule has 0 saturated carbocycles. The summed E-state index contributed by atoms with van der Waals surface area (Å²) in [5, 5.41) is 5.13. The maximum atomic E-state index is 12.4. The summed E-state index contributed by atoms with van der Waals surface area (Å²) in [6.45, 7) is 3.30. The van der Waals surface area contributed by atoms with Crippen LogP contribution in [0.5, 0.6) is 0 Å². The number of nitrogens with zero attached hydrogens (tertiary/aromatic N) is 2. The molecule has 0 atom stereocenters. The number of aromatic nitrogens is 1. The van der Waals surface area contributed by atoms with Crippen LogP contribution in [0.25, 0.3) is 0 Å². The Labute approximate surface area is 142 Å². The second-order valence-corrected chi connectivity index (χ2v) is 7.17. The van der Waals surface area contributed by atoms with Crippen molar-refractivity contribution >= 4 is 39.8 Å². The molecular formula is C15H17N3O3S2. The Morgan fingerprint density at radius 2 is 2.35 bits per heavy atom. The first-order valence-corrected chi connectivity index (χ1v) is 9.08. The molecule has 122 valence electrons. The van der Waals surface area contributed by atoms with E-state index in [9.17, 15) is 9.59 Å². The van der Waals surface area contributed by atoms with Crippen LogP contribution < -0.4 is 5.32 Å². The highest BCUT2D eigenvalue weighted by molar-refractivity contribution is 7.15. The van der Waals surface area contributed by atoms with Gasteiger partial charge in [0, 0.05) is 22.7 Å². The molecule has 0 fully saturated rings. The minimum absolute atomic E-state index is 0.131. The molecule has 8 heteroatoms. The molecule has 1 aliphatic heterocycles. The molecule has 0 aliphatic carbocycles. The number of amides is 2. The molecule has 0 unspecified atom stereocenters. The average molecular weight is 351 g/mol. The number of ether oxygens (including phenoxy) is 1. The van der Waals surface area contributed by atoms with Gasteiger partial charge in [0.15, 0.2) is 5.13 Å². The standard InChI is InChI=1S/C15H17N3O3S2/c1-2-21-15(20)17-14-16-11-5-6-18(9-12(11)23-14)13(19)8-10-4-3-7-22-10/h3-4,7H,2,5-6,8-9H2,1H3,(H,16,17,20). The monoisotopic (exact) mass is 351 g/mol. The number of thiophene rings is 1. The number of fused-ring (bicyclic) bond motifs is 1. The first-order chi connectivity index (χ1) is 11.2. The maximum absolute atomic E-state index is 12.4. The fraction of sp³-hybridized carbons (Fsp3) is 0.400. The molecule has 0 spiro atoms. The molecule has 0 radical (unpaired) electrons. The first-order valence-electron chi connectivity index (χ1n) is 7.38. The predicted octanol–water partition coefficient (Wildman–Crippen LogP) is 2.90. The van der Waals surface area contributed by atoms with Crippen LogP contribution in [0.15, 0.2) is 17.5 Å². The lowest BCUT2D eigenvalue weighted by Gasteiger charge is -2.25. The number of rotatable bonds is 4. The van der Waals surface area contributed by atoms with Crippen molar-refractivity contribution in [2.75, 3.05) is 18.5 Å². The van der Waals surface area contributed by atoms with E-state index in [-0.39, 0.29) is 5.91 Å². The molecule has 2 aromatic rings. The zero-order valence-electron chi connectivity index (χ0n) is 12.7. The van der Waals surface area contributed by atoms with Crippen molar-refractivity contribution in [1.29, 1.82) is 0 Å². The highest BCUT2D eigenvalue weighted by Crippen LogP contribution is 2.28. The van der Waals surface area contributed by atoms with Crippen LogP contribution in [-0.4, -0.2) is 35.0 Å². The number of carbonyl (C=O) groups excluding carboxylic acids is 2. The second kappa shape index (κ2) is 7.10. The van der Waals surface area contributed by atoms with Gasteiger partial charge in [0.1, 0.15) is 0 Å². The summed E-state index contributed by atoms with van der Waals surface area (Å²) in [6.07, 6.45) is 0.663. The van der Waals surface area contributed by atoms with Crippen LogP contribution >= 0.6 is 22.7 Å². The van der Waals surface area contributed by atoms with Gasteiger partial charge in [-0.15, -0.1) is 11.3 Å². The fourth-order valence-electron chi connectivity index (χ4n) is 2.39. The Morgan fingerprint density at radius 3 is 3.09 bits per heavy atom. The summed E-state index contributed by atoms with van der Waals surface area (Å²) in [6, 6.07) is 3.93. The van der Waals surface area contributed by atoms with Crippen molar-refractivity contribution in [3.63, 3.8) is 0 Å². The van der Waals surface area contributed by atoms with Crippen LogP contribution in [-0.2, 0) is 28.9 Å². The Bertz CT molecular complexity index is 697. The zero-order valence-corrected chi connectivity index (χ0v) is 14.3. The van der Waals surface area contributed by atoms with Crippen molar-refractivity contribution in [2.45, 2.75) is 26.3 Å². The van der Waals surface area contributed by atoms with Gasteiger partial charge in [-0.2, -0.15) is 0 Å². The molecule has 0 saturated heterocycles. The topological polar surface area (TPSA) is 71.5 Å². The Morgan fingerprint density at radius 1 is 1.48 bits per heavy atom. The number of nitrogens with one attached hydrogen (secondary N) is 1. The number of thiazole rings is 1. The van der Waals surface area contributed by atoms with Crippen molar-refractivity contribution in [1.82, 2.24) is 9.88 Å². The number of anilines is 1. The third-order valence-electron chi connectivity index (χ3n) is 3.47. The minimum atomic E-state index is -0.496. The minimum Gasteiger partial charge on any atom is -0.450 e. The number of carbonyl (C=O) groups is 2. The van der Waals surface area contributed by atoms with E-state index < -0.39 is 6.09 Å². The Hall–Kier alpha value is -1.93. The molecular weight excluding hydrogens is 334 g/mol. The average Bonchev–Trinajstić information content (AvgIpc) is 3.15. The van der Waals surface area contributed by atoms with E-state index in [0.717, 1.165) is 15.4 Å². The summed E-state index contributed by atoms with van der Waals surface area (Å²) in [5.74, 6) is 0.131. The Balaban J connectivity index is 1.62. The largest absolute Gasteiger partial charge is 0.450 e. The summed E-state index contributed by atoms with van der Waals surface area (Å²) >= 11 is 3.00. The van der Waals surface area contributed by atoms with E-state index in [4.69, 9.17) is 4.74 Å². The Kier molecular flexibility index (Phi) is 4.92. The third-order valence-corrected chi connectivity index (χ3v) is 5.35. The van der Waals surface area contributed by atoms with Crippen LogP contribution in [0.4, 0.5) is 9.93 Å². The summed E-state index contributed by atoms with van der Waals surface area (Å²) in [5.41, 5.74) is 0.960. The van der Waals surface area contributed by atoms with Gasteiger partial charge >= 0.3 is 6.09 Å². The van der Waals surface area contributed by atoms with Gasteiger partial charge in [-0.05, 0) is 18.4 Å². The maximum Gasteiger partial charge on any atom is 0.413 e. The molecule has 0 bridgehead atoms. The van der Waals surface area contributed by atoms with Crippen molar-refractivity contribution < 1.29 is 14.3 Å². The molecule has 3 rings (SSSR count). The molecule has 0 aromatic carbocycles. The molecule has 1 N–H and O–H groups in total. The summed E-state index contributed by atoms with van der Waals surface area (Å²) in [7, 11) is 0.